The fourth-order valence-corrected chi connectivity index (χ4v) is 5.91. The molecule has 3 aromatic rings. The molecule has 1 aromatic carbocycles. The highest BCUT2D eigenvalue weighted by atomic mass is 15.2. The van der Waals surface area contributed by atoms with Crippen LogP contribution in [-0.4, -0.2) is 39.1 Å². The Kier molecular flexibility index (Phi) is 6.44. The van der Waals surface area contributed by atoms with Gasteiger partial charge in [-0.15, -0.1) is 0 Å². The molecule has 170 valence electrons. The minimum absolute atomic E-state index is 0.173. The van der Waals surface area contributed by atoms with Gasteiger partial charge in [0.25, 0.3) is 0 Å². The quantitative estimate of drug-likeness (QED) is 0.515. The zero-order valence-corrected chi connectivity index (χ0v) is 19.6. The zero-order valence-electron chi connectivity index (χ0n) is 19.6. The lowest BCUT2D eigenvalue weighted by molar-refractivity contribution is 0.120. The molecular weight excluding hydrogens is 394 g/mol. The van der Waals surface area contributed by atoms with E-state index in [1.54, 1.807) is 0 Å². The first-order valence-electron chi connectivity index (χ1n) is 12.6. The van der Waals surface area contributed by atoms with Crippen molar-refractivity contribution in [2.24, 2.45) is 11.8 Å². The summed E-state index contributed by atoms with van der Waals surface area (Å²) in [6.07, 6.45) is 12.3. The Hall–Kier alpha value is -2.40. The van der Waals surface area contributed by atoms with Crippen LogP contribution in [0, 0.1) is 11.8 Å². The van der Waals surface area contributed by atoms with Crippen molar-refractivity contribution in [1.82, 2.24) is 19.4 Å². The Morgan fingerprint density at radius 2 is 1.69 bits per heavy atom. The first-order valence-corrected chi connectivity index (χ1v) is 12.6. The lowest BCUT2D eigenvalue weighted by atomic mass is 9.74. The number of likely N-dealkylation sites (tertiary alicyclic amines) is 1. The summed E-state index contributed by atoms with van der Waals surface area (Å²) in [5.41, 5.74) is 2.32. The van der Waals surface area contributed by atoms with Gasteiger partial charge in [0.1, 0.15) is 5.65 Å². The molecule has 0 bridgehead atoms. The molecule has 2 aromatic heterocycles. The van der Waals surface area contributed by atoms with Crippen molar-refractivity contribution in [3.8, 4) is 0 Å². The van der Waals surface area contributed by atoms with Gasteiger partial charge in [-0.1, -0.05) is 37.3 Å². The molecule has 3 heterocycles. The monoisotopic (exact) mass is 431 g/mol. The van der Waals surface area contributed by atoms with Gasteiger partial charge >= 0.3 is 0 Å². The number of aromatic nitrogens is 3. The lowest BCUT2D eigenvalue weighted by Gasteiger charge is -2.39. The normalized spacial score (nSPS) is 23.9. The smallest absolute Gasteiger partial charge is 0.225 e. The average Bonchev–Trinajstić information content (AvgIpc) is 3.28. The maximum Gasteiger partial charge on any atom is 0.225 e. The van der Waals surface area contributed by atoms with E-state index in [1.165, 1.54) is 63.7 Å². The summed E-state index contributed by atoms with van der Waals surface area (Å²) in [6, 6.07) is 13.4. The van der Waals surface area contributed by atoms with Crippen LogP contribution in [0.1, 0.15) is 70.0 Å². The number of anilines is 1. The lowest BCUT2D eigenvalue weighted by Crippen LogP contribution is -2.36. The number of rotatable bonds is 6. The van der Waals surface area contributed by atoms with Crippen LogP contribution in [0.15, 0.2) is 48.8 Å². The molecule has 1 atom stereocenters. The van der Waals surface area contributed by atoms with E-state index in [9.17, 15) is 0 Å². The highest BCUT2D eigenvalue weighted by Gasteiger charge is 2.30. The van der Waals surface area contributed by atoms with Crippen molar-refractivity contribution < 1.29 is 0 Å². The van der Waals surface area contributed by atoms with Gasteiger partial charge in [0.15, 0.2) is 0 Å². The topological polar surface area (TPSA) is 46.0 Å². The van der Waals surface area contributed by atoms with Crippen molar-refractivity contribution in [1.29, 1.82) is 0 Å². The predicted molar refractivity (Wildman–Crippen MR) is 132 cm³/mol. The molecule has 1 N–H and O–H groups in total. The van der Waals surface area contributed by atoms with E-state index >= 15 is 0 Å². The number of piperidine rings is 1. The molecule has 1 aliphatic heterocycles. The van der Waals surface area contributed by atoms with Crippen molar-refractivity contribution in [2.75, 3.05) is 25.0 Å². The predicted octanol–water partition coefficient (Wildman–Crippen LogP) is 6.07. The summed E-state index contributed by atoms with van der Waals surface area (Å²) in [5.74, 6) is 2.58. The Morgan fingerprint density at radius 1 is 0.969 bits per heavy atom. The largest absolute Gasteiger partial charge is 0.348 e. The highest BCUT2D eigenvalue weighted by molar-refractivity contribution is 5.76. The fraction of sp³-hybridized carbons (Fsp3) is 0.556. The molecule has 5 rings (SSSR count). The van der Waals surface area contributed by atoms with Gasteiger partial charge in [-0.3, -0.25) is 0 Å². The van der Waals surface area contributed by atoms with Crippen molar-refractivity contribution >= 4 is 17.0 Å². The molecule has 0 unspecified atom stereocenters. The van der Waals surface area contributed by atoms with Crippen LogP contribution in [0.4, 0.5) is 5.95 Å². The van der Waals surface area contributed by atoms with E-state index in [2.05, 4.69) is 76.2 Å². The molecule has 1 aliphatic carbocycles. The molecule has 32 heavy (non-hydrogen) atoms. The summed E-state index contributed by atoms with van der Waals surface area (Å²) in [4.78, 5) is 12.1. The van der Waals surface area contributed by atoms with Crippen LogP contribution >= 0.6 is 0 Å². The average molecular weight is 432 g/mol. The van der Waals surface area contributed by atoms with E-state index < -0.39 is 0 Å². The van der Waals surface area contributed by atoms with E-state index in [0.717, 1.165) is 22.9 Å². The molecule has 0 amide bonds. The molecule has 2 aliphatic rings. The van der Waals surface area contributed by atoms with Crippen LogP contribution in [0.2, 0.25) is 0 Å². The highest BCUT2D eigenvalue weighted by Crippen LogP contribution is 2.40. The van der Waals surface area contributed by atoms with E-state index in [0.29, 0.717) is 12.0 Å². The minimum atomic E-state index is 0.173. The second-order valence-corrected chi connectivity index (χ2v) is 9.81. The van der Waals surface area contributed by atoms with Crippen LogP contribution in [0.25, 0.3) is 11.0 Å². The van der Waals surface area contributed by atoms with E-state index in [4.69, 9.17) is 4.98 Å². The van der Waals surface area contributed by atoms with Gasteiger partial charge in [0.05, 0.1) is 6.04 Å². The van der Waals surface area contributed by atoms with E-state index in [1.807, 2.05) is 6.20 Å². The number of nitrogens with zero attached hydrogens (tertiary/aromatic N) is 4. The van der Waals surface area contributed by atoms with Crippen molar-refractivity contribution in [3.63, 3.8) is 0 Å². The van der Waals surface area contributed by atoms with Crippen LogP contribution in [-0.2, 0) is 0 Å². The van der Waals surface area contributed by atoms with Crippen molar-refractivity contribution in [2.45, 2.75) is 64.5 Å². The van der Waals surface area contributed by atoms with Gasteiger partial charge in [0, 0.05) is 23.8 Å². The molecule has 1 saturated carbocycles. The maximum absolute atomic E-state index is 4.94. The second kappa shape index (κ2) is 9.62. The molecule has 0 spiro atoms. The Labute approximate surface area is 192 Å². The summed E-state index contributed by atoms with van der Waals surface area (Å²) in [5, 5.41) is 4.63. The Bertz CT molecular complexity index is 997. The third-order valence-electron chi connectivity index (χ3n) is 7.98. The molecule has 5 heteroatoms. The molecular formula is C27H37N5. The first kappa shape index (κ1) is 21.4. The Balaban J connectivity index is 1.24. The second-order valence-electron chi connectivity index (χ2n) is 9.81. The molecule has 1 saturated heterocycles. The molecule has 2 fully saturated rings. The fourth-order valence-electron chi connectivity index (χ4n) is 5.91. The number of hydrogen-bond donors (Lipinski definition) is 1. The number of fused-ring (bicyclic) bond motifs is 1. The maximum atomic E-state index is 4.94. The number of benzene rings is 1. The SMILES string of the molecule is CCN1CCC(C2CCC(n3ccc4cnc(N[C@@H](C)c5ccccc5)nc43)CC2)CC1. The Morgan fingerprint density at radius 3 is 2.41 bits per heavy atom. The van der Waals surface area contributed by atoms with Gasteiger partial charge in [-0.25, -0.2) is 4.98 Å². The van der Waals surface area contributed by atoms with Crippen LogP contribution < -0.4 is 5.32 Å². The first-order chi connectivity index (χ1) is 15.7. The summed E-state index contributed by atoms with van der Waals surface area (Å²) in [6.45, 7) is 8.27. The standard InChI is InChI=1S/C27H37N5/c1-3-31-16-13-23(14-17-31)22-9-11-25(12-10-22)32-18-15-24-19-28-27(30-26(24)32)29-20(2)21-7-5-4-6-8-21/h4-8,15,18-20,22-23,25H,3,9-14,16-17H2,1-2H3,(H,28,29,30)/t20-,22?,25?/m0/s1. The summed E-state index contributed by atoms with van der Waals surface area (Å²) in [7, 11) is 0. The van der Waals surface area contributed by atoms with Gasteiger partial charge in [-0.2, -0.15) is 4.98 Å². The summed E-state index contributed by atoms with van der Waals surface area (Å²) >= 11 is 0. The molecule has 0 radical (unpaired) electrons. The number of hydrogen-bond acceptors (Lipinski definition) is 4. The van der Waals surface area contributed by atoms with Gasteiger partial charge in [-0.05, 0) is 88.5 Å². The minimum Gasteiger partial charge on any atom is -0.348 e. The van der Waals surface area contributed by atoms with E-state index in [-0.39, 0.29) is 6.04 Å². The zero-order chi connectivity index (χ0) is 21.9. The van der Waals surface area contributed by atoms with Crippen LogP contribution in [0.5, 0.6) is 0 Å². The number of nitrogens with one attached hydrogen (secondary N) is 1. The van der Waals surface area contributed by atoms with Crippen LogP contribution in [0.3, 0.4) is 0 Å². The third kappa shape index (κ3) is 4.54. The summed E-state index contributed by atoms with van der Waals surface area (Å²) < 4.78 is 2.42. The van der Waals surface area contributed by atoms with Gasteiger partial charge < -0.3 is 14.8 Å². The van der Waals surface area contributed by atoms with Gasteiger partial charge in [0.2, 0.25) is 5.95 Å². The van der Waals surface area contributed by atoms with Crippen molar-refractivity contribution in [3.05, 3.63) is 54.4 Å². The molecule has 5 nitrogen and oxygen atoms in total. The third-order valence-corrected chi connectivity index (χ3v) is 7.98.